The number of aryl methyl sites for hydroxylation is 1. The summed E-state index contributed by atoms with van der Waals surface area (Å²) in [5.74, 6) is 0.407. The largest absolute Gasteiger partial charge is 0.424 e. The zero-order valence-electron chi connectivity index (χ0n) is 12.4. The predicted molar refractivity (Wildman–Crippen MR) is 83.9 cm³/mol. The summed E-state index contributed by atoms with van der Waals surface area (Å²) in [4.78, 5) is 12.0. The fourth-order valence-electron chi connectivity index (χ4n) is 1.80. The van der Waals surface area contributed by atoms with Crippen LogP contribution in [0.2, 0.25) is 0 Å². The summed E-state index contributed by atoms with van der Waals surface area (Å²) < 4.78 is 18.2. The molecule has 1 heterocycles. The molecule has 0 saturated heterocycles. The third-order valence-electron chi connectivity index (χ3n) is 2.55. The van der Waals surface area contributed by atoms with Gasteiger partial charge in [0, 0.05) is 36.2 Å². The molecule has 0 unspecified atom stereocenters. The molecule has 1 aromatic rings. The first-order chi connectivity index (χ1) is 9.45. The molecule has 0 saturated carbocycles. The number of rotatable bonds is 8. The molecule has 0 spiro atoms. The van der Waals surface area contributed by atoms with Gasteiger partial charge in [-0.2, -0.15) is 0 Å². The lowest BCUT2D eigenvalue weighted by atomic mass is 10.3. The van der Waals surface area contributed by atoms with Crippen LogP contribution in [0.4, 0.5) is 0 Å². The van der Waals surface area contributed by atoms with Crippen LogP contribution in [-0.4, -0.2) is 17.8 Å². The van der Waals surface area contributed by atoms with E-state index in [0.717, 1.165) is 12.1 Å². The number of nitrogens with zero attached hydrogens (tertiary/aromatic N) is 1. The van der Waals surface area contributed by atoms with E-state index in [9.17, 15) is 4.79 Å². The summed E-state index contributed by atoms with van der Waals surface area (Å²) in [5.41, 5.74) is 0.736. The second-order valence-corrected chi connectivity index (χ2v) is 7.13. The van der Waals surface area contributed by atoms with E-state index in [2.05, 4.69) is 0 Å². The van der Waals surface area contributed by atoms with Crippen LogP contribution < -0.4 is 10.1 Å². The minimum atomic E-state index is -2.83. The van der Waals surface area contributed by atoms with Crippen molar-refractivity contribution in [1.82, 2.24) is 4.57 Å². The van der Waals surface area contributed by atoms with Gasteiger partial charge < -0.3 is 9.09 Å². The van der Waals surface area contributed by atoms with Gasteiger partial charge in [0.25, 0.3) is 5.56 Å². The fourth-order valence-corrected chi connectivity index (χ4v) is 3.86. The third kappa shape index (κ3) is 4.70. The molecule has 0 aliphatic heterocycles. The normalized spacial score (nSPS) is 11.6. The molecule has 0 amide bonds. The molecular weight excluding hydrogens is 297 g/mol. The van der Waals surface area contributed by atoms with Gasteiger partial charge in [0.05, 0.1) is 13.2 Å². The molecule has 114 valence electrons. The van der Waals surface area contributed by atoms with Crippen molar-refractivity contribution in [2.75, 3.05) is 13.2 Å². The molecule has 5 nitrogen and oxygen atoms in total. The fraction of sp³-hybridized carbons (Fsp3) is 0.615. The Hall–Kier alpha value is -0.680. The topological polar surface area (TPSA) is 49.7 Å². The zero-order chi connectivity index (χ0) is 15.2. The second kappa shape index (κ2) is 7.93. The SMILES string of the molecule is CCCn1c(C)cc(OP(=S)(OCC)OCC)cc1=O. The van der Waals surface area contributed by atoms with E-state index < -0.39 is 6.72 Å². The van der Waals surface area contributed by atoms with Crippen LogP contribution in [0.25, 0.3) is 0 Å². The average Bonchev–Trinajstić information content (AvgIpc) is 2.34. The highest BCUT2D eigenvalue weighted by molar-refractivity contribution is 8.07. The zero-order valence-corrected chi connectivity index (χ0v) is 14.1. The Morgan fingerprint density at radius 3 is 2.25 bits per heavy atom. The minimum absolute atomic E-state index is 0.101. The van der Waals surface area contributed by atoms with E-state index in [4.69, 9.17) is 25.4 Å². The van der Waals surface area contributed by atoms with Crippen LogP contribution in [0.5, 0.6) is 5.75 Å². The van der Waals surface area contributed by atoms with Crippen molar-refractivity contribution in [1.29, 1.82) is 0 Å². The van der Waals surface area contributed by atoms with Crippen LogP contribution in [0, 0.1) is 6.92 Å². The maximum absolute atomic E-state index is 12.0. The first-order valence-electron chi connectivity index (χ1n) is 6.76. The van der Waals surface area contributed by atoms with E-state index >= 15 is 0 Å². The van der Waals surface area contributed by atoms with E-state index in [0.29, 0.717) is 25.5 Å². The van der Waals surface area contributed by atoms with Gasteiger partial charge in [0.2, 0.25) is 0 Å². The summed E-state index contributed by atoms with van der Waals surface area (Å²) in [6.45, 7) is 6.23. The predicted octanol–water partition coefficient (Wildman–Crippen LogP) is 3.24. The van der Waals surface area contributed by atoms with Gasteiger partial charge in [0.15, 0.2) is 0 Å². The summed E-state index contributed by atoms with van der Waals surface area (Å²) in [7, 11) is 0. The van der Waals surface area contributed by atoms with Gasteiger partial charge in [-0.05, 0) is 27.2 Å². The number of hydrogen-bond acceptors (Lipinski definition) is 5. The molecule has 0 bridgehead atoms. The maximum atomic E-state index is 12.0. The van der Waals surface area contributed by atoms with Crippen molar-refractivity contribution in [3.05, 3.63) is 28.2 Å². The molecule has 0 radical (unpaired) electrons. The van der Waals surface area contributed by atoms with E-state index in [-0.39, 0.29) is 5.56 Å². The molecule has 1 aromatic heterocycles. The first-order valence-corrected chi connectivity index (χ1v) is 9.31. The first kappa shape index (κ1) is 17.4. The molecule has 0 aromatic carbocycles. The minimum Gasteiger partial charge on any atom is -0.424 e. The van der Waals surface area contributed by atoms with Crippen LogP contribution in [0.15, 0.2) is 16.9 Å². The summed E-state index contributed by atoms with van der Waals surface area (Å²) >= 11 is 5.29. The number of pyridine rings is 1. The summed E-state index contributed by atoms with van der Waals surface area (Å²) in [5, 5.41) is 0. The van der Waals surface area contributed by atoms with Crippen molar-refractivity contribution < 1.29 is 13.6 Å². The smallest absolute Gasteiger partial charge is 0.380 e. The molecule has 0 atom stereocenters. The highest BCUT2D eigenvalue weighted by Crippen LogP contribution is 2.49. The molecule has 0 aliphatic carbocycles. The Morgan fingerprint density at radius 1 is 1.20 bits per heavy atom. The molecule has 0 N–H and O–H groups in total. The van der Waals surface area contributed by atoms with Gasteiger partial charge in [-0.25, -0.2) is 0 Å². The van der Waals surface area contributed by atoms with Gasteiger partial charge >= 0.3 is 6.72 Å². The van der Waals surface area contributed by atoms with Gasteiger partial charge in [-0.1, -0.05) is 6.92 Å². The molecule has 0 aliphatic rings. The molecule has 1 rings (SSSR count). The Balaban J connectivity index is 3.03. The summed E-state index contributed by atoms with van der Waals surface area (Å²) in [6, 6.07) is 3.22. The van der Waals surface area contributed by atoms with Crippen LogP contribution in [-0.2, 0) is 27.4 Å². The monoisotopic (exact) mass is 319 g/mol. The summed E-state index contributed by atoms with van der Waals surface area (Å²) in [6.07, 6.45) is 0.900. The van der Waals surface area contributed by atoms with Crippen molar-refractivity contribution in [3.8, 4) is 5.75 Å². The van der Waals surface area contributed by atoms with E-state index in [1.807, 2.05) is 27.7 Å². The molecule has 20 heavy (non-hydrogen) atoms. The lowest BCUT2D eigenvalue weighted by Gasteiger charge is -2.21. The number of aromatic nitrogens is 1. The molecular formula is C13H22NO4PS. The third-order valence-corrected chi connectivity index (χ3v) is 4.99. The quantitative estimate of drug-likeness (QED) is 0.689. The van der Waals surface area contributed by atoms with Crippen molar-refractivity contribution in [2.24, 2.45) is 0 Å². The van der Waals surface area contributed by atoms with Crippen LogP contribution >= 0.6 is 6.72 Å². The highest BCUT2D eigenvalue weighted by Gasteiger charge is 2.21. The van der Waals surface area contributed by atoms with Crippen LogP contribution in [0.3, 0.4) is 0 Å². The second-order valence-electron chi connectivity index (χ2n) is 4.20. The number of hydrogen-bond donors (Lipinski definition) is 0. The van der Waals surface area contributed by atoms with Crippen molar-refractivity contribution in [2.45, 2.75) is 40.7 Å². The maximum Gasteiger partial charge on any atom is 0.380 e. The lowest BCUT2D eigenvalue weighted by molar-refractivity contribution is 0.217. The molecule has 0 fully saturated rings. The Kier molecular flexibility index (Phi) is 6.89. The Labute approximate surface area is 125 Å². The van der Waals surface area contributed by atoms with Crippen LogP contribution in [0.1, 0.15) is 32.9 Å². The highest BCUT2D eigenvalue weighted by atomic mass is 32.5. The Morgan fingerprint density at radius 2 is 1.80 bits per heavy atom. The lowest BCUT2D eigenvalue weighted by Crippen LogP contribution is -2.21. The molecule has 7 heteroatoms. The van der Waals surface area contributed by atoms with Crippen molar-refractivity contribution in [3.63, 3.8) is 0 Å². The van der Waals surface area contributed by atoms with Gasteiger partial charge in [-0.15, -0.1) is 0 Å². The van der Waals surface area contributed by atoms with E-state index in [1.165, 1.54) is 6.07 Å². The van der Waals surface area contributed by atoms with Crippen molar-refractivity contribution >= 4 is 18.5 Å². The van der Waals surface area contributed by atoms with E-state index in [1.54, 1.807) is 10.6 Å². The Bertz CT molecular complexity index is 534. The van der Waals surface area contributed by atoms with Gasteiger partial charge in [0.1, 0.15) is 5.75 Å². The van der Waals surface area contributed by atoms with Gasteiger partial charge in [-0.3, -0.25) is 13.8 Å². The average molecular weight is 319 g/mol. The standard InChI is InChI=1S/C13H22NO4PS/c1-5-8-14-11(4)9-12(10-13(14)15)18-19(20,16-6-2)17-7-3/h9-10H,5-8H2,1-4H3.